The number of nitrogens with two attached hydrogens (primary N) is 1. The van der Waals surface area contributed by atoms with Crippen molar-refractivity contribution in [2.24, 2.45) is 0 Å². The summed E-state index contributed by atoms with van der Waals surface area (Å²) in [5, 5.41) is 14.3. The van der Waals surface area contributed by atoms with Gasteiger partial charge in [-0.2, -0.15) is 19.4 Å². The zero-order valence-corrected chi connectivity index (χ0v) is 34.0. The zero-order chi connectivity index (χ0) is 40.2. The molecule has 4 N–H and O–H groups in total. The number of hydrogen-bond donors (Lipinski definition) is 3. The summed E-state index contributed by atoms with van der Waals surface area (Å²) in [6.07, 6.45) is 14.8. The van der Waals surface area contributed by atoms with Crippen LogP contribution in [-0.2, 0) is 36.3 Å². The van der Waals surface area contributed by atoms with E-state index in [1.54, 1.807) is 37.3 Å². The van der Waals surface area contributed by atoms with Crippen molar-refractivity contribution in [3.05, 3.63) is 78.6 Å². The number of anilines is 1. The summed E-state index contributed by atoms with van der Waals surface area (Å²) in [6.45, 7) is 3.41. The largest absolute Gasteiger partial charge is 0.465 e. The highest BCUT2D eigenvalue weighted by Gasteiger charge is 2.41. The molecule has 0 saturated carbocycles. The molecule has 4 aromatic rings. The summed E-state index contributed by atoms with van der Waals surface area (Å²) >= 11 is 0. The number of nitrogen functional groups attached to an aromatic ring is 1. The molecule has 4 atom stereocenters. The summed E-state index contributed by atoms with van der Waals surface area (Å²) in [6, 6.07) is 16.6. The van der Waals surface area contributed by atoms with Gasteiger partial charge in [0.1, 0.15) is 29.0 Å². The van der Waals surface area contributed by atoms with E-state index in [4.69, 9.17) is 24.3 Å². The number of nitrogens with zero attached hydrogens (tertiary/aromatic N) is 4. The normalized spacial score (nSPS) is 14.9. The van der Waals surface area contributed by atoms with Crippen LogP contribution in [0.15, 0.2) is 67.0 Å². The molecule has 0 amide bonds. The lowest BCUT2D eigenvalue weighted by Gasteiger charge is -2.34. The van der Waals surface area contributed by atoms with Gasteiger partial charge in [0.15, 0.2) is 11.5 Å². The number of unbranched alkanes of at least 4 members (excludes halogenated alkanes) is 12. The molecule has 0 saturated heterocycles. The summed E-state index contributed by atoms with van der Waals surface area (Å²) < 4.78 is 53.4. The molecule has 56 heavy (non-hydrogen) atoms. The second-order valence-electron chi connectivity index (χ2n) is 14.4. The standard InChI is InChI=1S/C41H60FN6O7P/c1-4-5-6-7-8-9-10-11-12-13-14-15-22-27-53-39(50)34(28-32-23-18-16-19-24-32)47-56(51,55-33-25-20-17-21-26-33)54-30-41(2,52-3)35(49)29-48-31-44-36-37(43)45-40(42)46-38(36)48/h16-21,23-26,31,34-35,49H,4-15,22,27-30H2,1-3H3,(H,47,51)(H2,43,45,46)/t34-,35-,41+,56?/m0/s1. The van der Waals surface area contributed by atoms with Crippen LogP contribution in [0.5, 0.6) is 5.75 Å². The number of halogens is 1. The Morgan fingerprint density at radius 1 is 0.929 bits per heavy atom. The number of aromatic nitrogens is 4. The van der Waals surface area contributed by atoms with Gasteiger partial charge in [-0.15, -0.1) is 0 Å². The molecular formula is C41H60FN6O7P. The first kappa shape index (κ1) is 44.8. The van der Waals surface area contributed by atoms with Crippen LogP contribution >= 0.6 is 7.75 Å². The fourth-order valence-corrected chi connectivity index (χ4v) is 7.87. The van der Waals surface area contributed by atoms with Gasteiger partial charge < -0.3 is 29.4 Å². The average molecular weight is 799 g/mol. The van der Waals surface area contributed by atoms with Crippen LogP contribution in [0.1, 0.15) is 103 Å². The predicted molar refractivity (Wildman–Crippen MR) is 215 cm³/mol. The molecule has 4 rings (SSSR count). The summed E-state index contributed by atoms with van der Waals surface area (Å²) in [5.74, 6) is -0.508. The number of methoxy groups -OCH3 is 1. The number of ether oxygens (including phenoxy) is 2. The third kappa shape index (κ3) is 14.5. The number of nitrogens with one attached hydrogen (secondary N) is 1. The van der Waals surface area contributed by atoms with E-state index in [0.29, 0.717) is 0 Å². The number of hydrogen-bond acceptors (Lipinski definition) is 11. The molecule has 0 spiro atoms. The molecule has 0 radical (unpaired) electrons. The SMILES string of the molecule is CCCCCCCCCCCCCCCOC(=O)[C@H](Cc1ccccc1)NP(=O)(OC[C@@](C)(OC)[C@@H](O)Cn1cnc2c(N)nc(F)nc21)Oc1ccccc1. The number of carbonyl (C=O) groups excluding carboxylic acids is 1. The van der Waals surface area contributed by atoms with E-state index >= 15 is 0 Å². The number of benzene rings is 2. The maximum atomic E-state index is 14.7. The van der Waals surface area contributed by atoms with Crippen LogP contribution in [0.25, 0.3) is 11.2 Å². The first-order valence-corrected chi connectivity index (χ1v) is 21.4. The Morgan fingerprint density at radius 3 is 2.12 bits per heavy atom. The minimum Gasteiger partial charge on any atom is -0.465 e. The van der Waals surface area contributed by atoms with E-state index in [0.717, 1.165) is 31.2 Å². The highest BCUT2D eigenvalue weighted by atomic mass is 31.2. The fourth-order valence-electron chi connectivity index (χ4n) is 6.28. The van der Waals surface area contributed by atoms with E-state index < -0.39 is 44.1 Å². The van der Waals surface area contributed by atoms with E-state index in [1.165, 1.54) is 75.8 Å². The van der Waals surface area contributed by atoms with Gasteiger partial charge in [0.2, 0.25) is 0 Å². The molecule has 0 aliphatic rings. The van der Waals surface area contributed by atoms with Crippen LogP contribution < -0.4 is 15.3 Å². The van der Waals surface area contributed by atoms with Crippen LogP contribution in [0.4, 0.5) is 10.2 Å². The van der Waals surface area contributed by atoms with Crippen molar-refractivity contribution < 1.29 is 37.4 Å². The number of aliphatic hydroxyl groups excluding tert-OH is 1. The number of carbonyl (C=O) groups is 1. The highest BCUT2D eigenvalue weighted by molar-refractivity contribution is 7.52. The van der Waals surface area contributed by atoms with Crippen molar-refractivity contribution in [1.82, 2.24) is 24.6 Å². The Kier molecular flexibility index (Phi) is 18.7. The molecule has 0 aliphatic carbocycles. The van der Waals surface area contributed by atoms with E-state index in [-0.39, 0.29) is 42.3 Å². The smallest absolute Gasteiger partial charge is 0.459 e. The van der Waals surface area contributed by atoms with E-state index in [2.05, 4.69) is 27.0 Å². The molecule has 0 aliphatic heterocycles. The van der Waals surface area contributed by atoms with Gasteiger partial charge in [-0.1, -0.05) is 133 Å². The Labute approximate surface area is 330 Å². The lowest BCUT2D eigenvalue weighted by atomic mass is 10.00. The Bertz CT molecular complexity index is 1790. The second kappa shape index (κ2) is 23.3. The first-order valence-electron chi connectivity index (χ1n) is 19.9. The zero-order valence-electron chi connectivity index (χ0n) is 33.1. The molecule has 0 bridgehead atoms. The van der Waals surface area contributed by atoms with Gasteiger partial charge in [0.05, 0.1) is 26.1 Å². The second-order valence-corrected chi connectivity index (χ2v) is 16.1. The number of rotatable bonds is 28. The Hall–Kier alpha value is -3.94. The highest BCUT2D eigenvalue weighted by Crippen LogP contribution is 2.46. The van der Waals surface area contributed by atoms with Gasteiger partial charge in [-0.3, -0.25) is 9.32 Å². The van der Waals surface area contributed by atoms with Gasteiger partial charge in [-0.25, -0.2) is 9.55 Å². The van der Waals surface area contributed by atoms with Crippen molar-refractivity contribution in [3.63, 3.8) is 0 Å². The Morgan fingerprint density at radius 2 is 1.52 bits per heavy atom. The van der Waals surface area contributed by atoms with E-state index in [9.17, 15) is 18.9 Å². The summed E-state index contributed by atoms with van der Waals surface area (Å²) in [4.78, 5) is 25.1. The summed E-state index contributed by atoms with van der Waals surface area (Å²) in [7, 11) is -3.02. The third-order valence-electron chi connectivity index (χ3n) is 9.87. The lowest BCUT2D eigenvalue weighted by molar-refractivity contribution is -0.146. The maximum absolute atomic E-state index is 14.7. The van der Waals surface area contributed by atoms with Crippen molar-refractivity contribution in [2.75, 3.05) is 26.1 Å². The third-order valence-corrected chi connectivity index (χ3v) is 11.4. The molecule has 308 valence electrons. The van der Waals surface area contributed by atoms with Crippen molar-refractivity contribution in [3.8, 4) is 5.75 Å². The Balaban J connectivity index is 1.38. The number of aliphatic hydroxyl groups is 1. The van der Waals surface area contributed by atoms with Gasteiger partial charge >= 0.3 is 19.8 Å². The number of para-hydroxylation sites is 1. The average Bonchev–Trinajstić information content (AvgIpc) is 3.59. The molecular weight excluding hydrogens is 738 g/mol. The minimum absolute atomic E-state index is 0.0780. The number of imidazole rings is 1. The van der Waals surface area contributed by atoms with Crippen LogP contribution in [0.3, 0.4) is 0 Å². The van der Waals surface area contributed by atoms with Crippen LogP contribution in [-0.4, -0.2) is 68.7 Å². The van der Waals surface area contributed by atoms with E-state index in [1.807, 2.05) is 30.3 Å². The molecule has 13 nitrogen and oxygen atoms in total. The number of esters is 1. The van der Waals surface area contributed by atoms with Gasteiger partial charge in [0.25, 0.3) is 0 Å². The van der Waals surface area contributed by atoms with Crippen molar-refractivity contribution in [2.45, 2.75) is 128 Å². The first-order chi connectivity index (χ1) is 27.1. The van der Waals surface area contributed by atoms with Gasteiger partial charge in [0, 0.05) is 7.11 Å². The van der Waals surface area contributed by atoms with Crippen LogP contribution in [0, 0.1) is 6.08 Å². The van der Waals surface area contributed by atoms with Crippen molar-refractivity contribution in [1.29, 1.82) is 0 Å². The summed E-state index contributed by atoms with van der Waals surface area (Å²) in [5.41, 5.74) is 5.37. The lowest BCUT2D eigenvalue weighted by Crippen LogP contribution is -2.48. The topological polar surface area (TPSA) is 173 Å². The van der Waals surface area contributed by atoms with Gasteiger partial charge in [-0.05, 0) is 37.5 Å². The molecule has 2 aromatic carbocycles. The minimum atomic E-state index is -4.38. The molecule has 1 unspecified atom stereocenters. The molecule has 2 aromatic heterocycles. The number of fused-ring (bicyclic) bond motifs is 1. The maximum Gasteiger partial charge on any atom is 0.459 e. The van der Waals surface area contributed by atoms with Crippen LogP contribution in [0.2, 0.25) is 0 Å². The quantitative estimate of drug-likeness (QED) is 0.0217. The monoisotopic (exact) mass is 798 g/mol. The predicted octanol–water partition coefficient (Wildman–Crippen LogP) is 8.35. The fraction of sp³-hybridized carbons (Fsp3) is 0.561. The van der Waals surface area contributed by atoms with Crippen molar-refractivity contribution >= 4 is 30.7 Å². The molecule has 2 heterocycles. The molecule has 0 fully saturated rings. The molecule has 15 heteroatoms.